The molecule has 0 spiro atoms. The second-order valence-electron chi connectivity index (χ2n) is 6.62. The van der Waals surface area contributed by atoms with Crippen LogP contribution in [0.15, 0.2) is 48.5 Å². The molecule has 1 fully saturated rings. The van der Waals surface area contributed by atoms with Crippen molar-refractivity contribution in [3.63, 3.8) is 0 Å². The van der Waals surface area contributed by atoms with Crippen LogP contribution in [0.1, 0.15) is 22.3 Å². The summed E-state index contributed by atoms with van der Waals surface area (Å²) in [5.74, 6) is -0.970. The molecule has 27 heavy (non-hydrogen) atoms. The van der Waals surface area contributed by atoms with Crippen molar-refractivity contribution in [1.82, 2.24) is 5.32 Å². The fraction of sp³-hybridized carbons (Fsp3) is 0.263. The van der Waals surface area contributed by atoms with Crippen LogP contribution in [0.3, 0.4) is 0 Å². The Morgan fingerprint density at radius 3 is 2.59 bits per heavy atom. The molecule has 8 heteroatoms. The molecular weight excluding hydrogens is 359 g/mol. The van der Waals surface area contributed by atoms with Crippen molar-refractivity contribution in [3.8, 4) is 0 Å². The summed E-state index contributed by atoms with van der Waals surface area (Å²) < 4.78 is 39.4. The molecule has 2 aromatic rings. The lowest BCUT2D eigenvalue weighted by Crippen LogP contribution is -2.44. The summed E-state index contributed by atoms with van der Waals surface area (Å²) in [6.45, 7) is 0.356. The Kier molecular flexibility index (Phi) is 4.05. The number of alkyl halides is 3. The maximum Gasteiger partial charge on any atom is 0.417 e. The molecule has 0 saturated carbocycles. The van der Waals surface area contributed by atoms with Gasteiger partial charge in [-0.15, -0.1) is 0 Å². The molecule has 2 amide bonds. The second-order valence-corrected chi connectivity index (χ2v) is 6.62. The van der Waals surface area contributed by atoms with Gasteiger partial charge < -0.3 is 15.5 Å². The second kappa shape index (κ2) is 6.29. The van der Waals surface area contributed by atoms with Crippen LogP contribution in [0.2, 0.25) is 0 Å². The predicted molar refractivity (Wildman–Crippen MR) is 93.5 cm³/mol. The fourth-order valence-electron chi connectivity index (χ4n) is 3.69. The number of hydrogen-bond donors (Lipinski definition) is 2. The quantitative estimate of drug-likeness (QED) is 0.848. The maximum absolute atomic E-state index is 13.1. The Morgan fingerprint density at radius 1 is 1.11 bits per heavy atom. The molecule has 2 aliphatic heterocycles. The fourth-order valence-corrected chi connectivity index (χ4v) is 3.69. The van der Waals surface area contributed by atoms with Crippen molar-refractivity contribution in [2.75, 3.05) is 16.8 Å². The summed E-state index contributed by atoms with van der Waals surface area (Å²) in [7, 11) is 0. The van der Waals surface area contributed by atoms with Gasteiger partial charge >= 0.3 is 6.18 Å². The summed E-state index contributed by atoms with van der Waals surface area (Å²) in [5, 5.41) is 5.48. The van der Waals surface area contributed by atoms with E-state index in [0.717, 1.165) is 17.8 Å². The average molecular weight is 375 g/mol. The van der Waals surface area contributed by atoms with E-state index in [1.54, 1.807) is 6.07 Å². The first kappa shape index (κ1) is 17.4. The monoisotopic (exact) mass is 375 g/mol. The highest BCUT2D eigenvalue weighted by Crippen LogP contribution is 2.37. The predicted octanol–water partition coefficient (Wildman–Crippen LogP) is 3.03. The van der Waals surface area contributed by atoms with Crippen molar-refractivity contribution in [1.29, 1.82) is 0 Å². The van der Waals surface area contributed by atoms with E-state index in [0.29, 0.717) is 18.7 Å². The van der Waals surface area contributed by atoms with Crippen LogP contribution in [-0.2, 0) is 11.0 Å². The number of nitrogens with zero attached hydrogens (tertiary/aromatic N) is 1. The molecule has 2 atom stereocenters. The van der Waals surface area contributed by atoms with Crippen LogP contribution in [0, 0.1) is 0 Å². The molecule has 0 aromatic heterocycles. The van der Waals surface area contributed by atoms with Gasteiger partial charge in [0.1, 0.15) is 6.04 Å². The highest BCUT2D eigenvalue weighted by molar-refractivity contribution is 6.04. The molecule has 140 valence electrons. The molecule has 2 heterocycles. The van der Waals surface area contributed by atoms with Crippen molar-refractivity contribution in [2.45, 2.75) is 24.7 Å². The normalized spacial score (nSPS) is 21.3. The number of nitrogens with one attached hydrogen (secondary N) is 2. The number of para-hydroxylation sites is 2. The molecule has 1 saturated heterocycles. The summed E-state index contributed by atoms with van der Waals surface area (Å²) in [4.78, 5) is 26.7. The van der Waals surface area contributed by atoms with E-state index in [9.17, 15) is 22.8 Å². The van der Waals surface area contributed by atoms with Gasteiger partial charge in [0.15, 0.2) is 0 Å². The van der Waals surface area contributed by atoms with E-state index in [-0.39, 0.29) is 5.91 Å². The van der Waals surface area contributed by atoms with Gasteiger partial charge in [-0.2, -0.15) is 13.2 Å². The Hall–Kier alpha value is -3.03. The number of carbonyl (C=O) groups is 2. The summed E-state index contributed by atoms with van der Waals surface area (Å²) in [6, 6.07) is 11.1. The topological polar surface area (TPSA) is 61.4 Å². The van der Waals surface area contributed by atoms with Crippen LogP contribution in [0.4, 0.5) is 24.5 Å². The van der Waals surface area contributed by atoms with E-state index in [2.05, 4.69) is 10.6 Å². The van der Waals surface area contributed by atoms with Crippen molar-refractivity contribution in [2.24, 2.45) is 0 Å². The van der Waals surface area contributed by atoms with Gasteiger partial charge in [0.2, 0.25) is 5.91 Å². The van der Waals surface area contributed by atoms with Gasteiger partial charge in [-0.25, -0.2) is 0 Å². The number of amides is 2. The van der Waals surface area contributed by atoms with Crippen LogP contribution in [0.5, 0.6) is 0 Å². The van der Waals surface area contributed by atoms with Gasteiger partial charge in [-0.05, 0) is 30.7 Å². The zero-order valence-corrected chi connectivity index (χ0v) is 14.1. The number of benzene rings is 2. The van der Waals surface area contributed by atoms with E-state index in [1.807, 2.05) is 23.1 Å². The summed E-state index contributed by atoms with van der Waals surface area (Å²) in [6.07, 6.45) is -4.28. The van der Waals surface area contributed by atoms with Crippen molar-refractivity contribution >= 4 is 23.2 Å². The smallest absolute Gasteiger partial charge is 0.356 e. The molecule has 4 rings (SSSR count). The third kappa shape index (κ3) is 3.11. The van der Waals surface area contributed by atoms with E-state index < -0.39 is 35.3 Å². The number of anilines is 2. The van der Waals surface area contributed by atoms with Gasteiger partial charge in [0.25, 0.3) is 5.91 Å². The molecule has 0 radical (unpaired) electrons. The first-order valence-electron chi connectivity index (χ1n) is 8.48. The Labute approximate surface area is 153 Å². The minimum absolute atomic E-state index is 0.179. The van der Waals surface area contributed by atoms with Crippen LogP contribution in [0.25, 0.3) is 0 Å². The zero-order valence-electron chi connectivity index (χ0n) is 14.1. The number of hydrogen-bond acceptors (Lipinski definition) is 3. The lowest BCUT2D eigenvalue weighted by Gasteiger charge is -2.32. The van der Waals surface area contributed by atoms with E-state index in [1.165, 1.54) is 12.1 Å². The number of fused-ring (bicyclic) bond motifs is 3. The number of rotatable bonds is 2. The number of halogens is 3. The molecule has 2 aliphatic rings. The first-order chi connectivity index (χ1) is 12.8. The van der Waals surface area contributed by atoms with Crippen molar-refractivity contribution < 1.29 is 22.8 Å². The third-order valence-corrected chi connectivity index (χ3v) is 4.89. The molecule has 0 bridgehead atoms. The lowest BCUT2D eigenvalue weighted by atomic mass is 10.1. The molecular formula is C19H16F3N3O2. The van der Waals surface area contributed by atoms with E-state index in [4.69, 9.17) is 0 Å². The molecule has 2 N–H and O–H groups in total. The SMILES string of the molecule is O=C(NC1CC2C(=O)Nc3ccccc3N2C1)c1ccccc1C(F)(F)F. The highest BCUT2D eigenvalue weighted by atomic mass is 19.4. The third-order valence-electron chi connectivity index (χ3n) is 4.89. The van der Waals surface area contributed by atoms with E-state index >= 15 is 0 Å². The van der Waals surface area contributed by atoms with Crippen LogP contribution >= 0.6 is 0 Å². The van der Waals surface area contributed by atoms with Gasteiger partial charge in [-0.1, -0.05) is 24.3 Å². The van der Waals surface area contributed by atoms with Gasteiger partial charge in [-0.3, -0.25) is 9.59 Å². The molecule has 0 aliphatic carbocycles. The Bertz CT molecular complexity index is 913. The standard InChI is InChI=1S/C19H16F3N3O2/c20-19(21,22)13-6-2-1-5-12(13)17(26)23-11-9-16-18(27)24-14-7-3-4-8-15(14)25(16)10-11/h1-8,11,16H,9-10H2,(H,23,26)(H,24,27). The minimum atomic E-state index is -4.61. The number of carbonyl (C=O) groups excluding carboxylic acids is 2. The van der Waals surface area contributed by atoms with Crippen LogP contribution < -0.4 is 15.5 Å². The molecule has 5 nitrogen and oxygen atoms in total. The van der Waals surface area contributed by atoms with Crippen LogP contribution in [-0.4, -0.2) is 30.4 Å². The zero-order chi connectivity index (χ0) is 19.2. The van der Waals surface area contributed by atoms with Gasteiger partial charge in [0.05, 0.1) is 22.5 Å². The molecule has 2 unspecified atom stereocenters. The largest absolute Gasteiger partial charge is 0.417 e. The average Bonchev–Trinajstić information content (AvgIpc) is 3.06. The minimum Gasteiger partial charge on any atom is -0.356 e. The lowest BCUT2D eigenvalue weighted by molar-refractivity contribution is -0.138. The van der Waals surface area contributed by atoms with Gasteiger partial charge in [0, 0.05) is 12.6 Å². The maximum atomic E-state index is 13.1. The Morgan fingerprint density at radius 2 is 1.81 bits per heavy atom. The summed E-state index contributed by atoms with van der Waals surface area (Å²) in [5.41, 5.74) is 0.142. The molecule has 2 aromatic carbocycles. The first-order valence-corrected chi connectivity index (χ1v) is 8.48. The summed E-state index contributed by atoms with van der Waals surface area (Å²) >= 11 is 0. The Balaban J connectivity index is 1.55. The highest BCUT2D eigenvalue weighted by Gasteiger charge is 2.42. The van der Waals surface area contributed by atoms with Crippen molar-refractivity contribution in [3.05, 3.63) is 59.7 Å².